The number of hydrogen-bond donors (Lipinski definition) is 1. The van der Waals surface area contributed by atoms with Gasteiger partial charge in [0.1, 0.15) is 6.10 Å². The molecule has 0 saturated carbocycles. The third-order valence-electron chi connectivity index (χ3n) is 1.24. The van der Waals surface area contributed by atoms with Gasteiger partial charge in [-0.05, 0) is 6.42 Å². The lowest BCUT2D eigenvalue weighted by Gasteiger charge is -2.07. The van der Waals surface area contributed by atoms with E-state index in [0.29, 0.717) is 6.42 Å². The van der Waals surface area contributed by atoms with Crippen LogP contribution in [-0.2, 0) is 14.6 Å². The fourth-order valence-corrected chi connectivity index (χ4v) is 1.14. The normalized spacial score (nSPS) is 13.8. The summed E-state index contributed by atoms with van der Waals surface area (Å²) in [7, 11) is -4.41. The third-order valence-corrected chi connectivity index (χ3v) is 1.72. The predicted molar refractivity (Wildman–Crippen MR) is 44.8 cm³/mol. The Labute approximate surface area is 72.9 Å². The molecule has 0 spiro atoms. The van der Waals surface area contributed by atoms with Crippen LogP contribution >= 0.6 is 0 Å². The van der Waals surface area contributed by atoms with E-state index in [1.807, 2.05) is 6.92 Å². The van der Waals surface area contributed by atoms with Crippen LogP contribution in [0.1, 0.15) is 26.2 Å². The zero-order valence-electron chi connectivity index (χ0n) is 6.86. The quantitative estimate of drug-likeness (QED) is 0.521. The summed E-state index contributed by atoms with van der Waals surface area (Å²) in [6, 6.07) is 0. The van der Waals surface area contributed by atoms with Crippen molar-refractivity contribution in [2.24, 2.45) is 0 Å². The van der Waals surface area contributed by atoms with Crippen LogP contribution in [-0.4, -0.2) is 19.1 Å². The molecule has 0 aromatic carbocycles. The molecule has 0 aliphatic rings. The Bertz CT molecular complexity index is 249. The molecular weight excluding hydrogens is 180 g/mol. The first-order chi connectivity index (χ1) is 5.49. The fourth-order valence-electron chi connectivity index (χ4n) is 0.696. The Balaban J connectivity index is 3.95. The van der Waals surface area contributed by atoms with E-state index in [2.05, 4.69) is 10.1 Å². The SMILES string of the molecule is C#C[C@H](CCCC)OS(=O)(=O)O. The summed E-state index contributed by atoms with van der Waals surface area (Å²) in [5, 5.41) is 0. The lowest BCUT2D eigenvalue weighted by atomic mass is 10.2. The van der Waals surface area contributed by atoms with Gasteiger partial charge in [-0.15, -0.1) is 6.42 Å². The molecule has 0 saturated heterocycles. The molecule has 1 N–H and O–H groups in total. The van der Waals surface area contributed by atoms with Crippen molar-refractivity contribution in [3.8, 4) is 12.3 Å². The summed E-state index contributed by atoms with van der Waals surface area (Å²) in [5.74, 6) is 2.13. The molecule has 0 aliphatic heterocycles. The molecule has 12 heavy (non-hydrogen) atoms. The first-order valence-corrected chi connectivity index (χ1v) is 4.98. The van der Waals surface area contributed by atoms with Gasteiger partial charge in [0.05, 0.1) is 0 Å². The smallest absolute Gasteiger partial charge is 0.263 e. The van der Waals surface area contributed by atoms with E-state index in [1.165, 1.54) is 0 Å². The van der Waals surface area contributed by atoms with Crippen molar-refractivity contribution >= 4 is 10.4 Å². The Morgan fingerprint density at radius 1 is 1.67 bits per heavy atom. The molecule has 0 aromatic rings. The molecule has 4 nitrogen and oxygen atoms in total. The van der Waals surface area contributed by atoms with E-state index in [0.717, 1.165) is 12.8 Å². The van der Waals surface area contributed by atoms with E-state index in [-0.39, 0.29) is 0 Å². The topological polar surface area (TPSA) is 63.6 Å². The van der Waals surface area contributed by atoms with Crippen molar-refractivity contribution in [3.05, 3.63) is 0 Å². The van der Waals surface area contributed by atoms with Gasteiger partial charge in [-0.3, -0.25) is 4.55 Å². The van der Waals surface area contributed by atoms with Gasteiger partial charge in [0.25, 0.3) is 0 Å². The molecule has 0 bridgehead atoms. The van der Waals surface area contributed by atoms with Crippen molar-refractivity contribution < 1.29 is 17.2 Å². The van der Waals surface area contributed by atoms with Crippen molar-refractivity contribution in [3.63, 3.8) is 0 Å². The van der Waals surface area contributed by atoms with E-state index >= 15 is 0 Å². The highest BCUT2D eigenvalue weighted by Crippen LogP contribution is 2.05. The minimum absolute atomic E-state index is 0.437. The minimum atomic E-state index is -4.41. The number of hydrogen-bond acceptors (Lipinski definition) is 3. The Kier molecular flexibility index (Phi) is 4.90. The van der Waals surface area contributed by atoms with Crippen LogP contribution in [0.5, 0.6) is 0 Å². The van der Waals surface area contributed by atoms with Gasteiger partial charge in [-0.1, -0.05) is 25.7 Å². The van der Waals surface area contributed by atoms with Gasteiger partial charge < -0.3 is 0 Å². The van der Waals surface area contributed by atoms with E-state index in [4.69, 9.17) is 11.0 Å². The van der Waals surface area contributed by atoms with Crippen LogP contribution in [0, 0.1) is 12.3 Å². The van der Waals surface area contributed by atoms with Crippen molar-refractivity contribution in [1.82, 2.24) is 0 Å². The van der Waals surface area contributed by atoms with E-state index < -0.39 is 16.5 Å². The summed E-state index contributed by atoms with van der Waals surface area (Å²) < 4.78 is 32.9. The second kappa shape index (κ2) is 5.14. The molecule has 5 heteroatoms. The summed E-state index contributed by atoms with van der Waals surface area (Å²) >= 11 is 0. The van der Waals surface area contributed by atoms with Gasteiger partial charge in [0.2, 0.25) is 0 Å². The summed E-state index contributed by atoms with van der Waals surface area (Å²) in [6.07, 6.45) is 6.22. The molecule has 70 valence electrons. The molecule has 0 rings (SSSR count). The highest BCUT2D eigenvalue weighted by molar-refractivity contribution is 7.80. The summed E-state index contributed by atoms with van der Waals surface area (Å²) in [4.78, 5) is 0. The largest absolute Gasteiger partial charge is 0.398 e. The van der Waals surface area contributed by atoms with Crippen LogP contribution in [0.15, 0.2) is 0 Å². The lowest BCUT2D eigenvalue weighted by Crippen LogP contribution is -2.15. The maximum atomic E-state index is 10.2. The Morgan fingerprint density at radius 2 is 2.25 bits per heavy atom. The molecule has 0 aliphatic carbocycles. The van der Waals surface area contributed by atoms with Crippen LogP contribution < -0.4 is 0 Å². The maximum Gasteiger partial charge on any atom is 0.398 e. The number of terminal acetylenes is 1. The van der Waals surface area contributed by atoms with Crippen LogP contribution in [0.2, 0.25) is 0 Å². The summed E-state index contributed by atoms with van der Waals surface area (Å²) in [6.45, 7) is 1.95. The first kappa shape index (κ1) is 11.4. The van der Waals surface area contributed by atoms with Gasteiger partial charge in [-0.25, -0.2) is 4.18 Å². The molecule has 1 atom stereocenters. The second-order valence-electron chi connectivity index (χ2n) is 2.32. The van der Waals surface area contributed by atoms with Gasteiger partial charge >= 0.3 is 10.4 Å². The zero-order chi connectivity index (χ0) is 9.61. The highest BCUT2D eigenvalue weighted by Gasteiger charge is 2.13. The Morgan fingerprint density at radius 3 is 2.58 bits per heavy atom. The Hall–Kier alpha value is -0.570. The van der Waals surface area contributed by atoms with Gasteiger partial charge in [0, 0.05) is 0 Å². The van der Waals surface area contributed by atoms with E-state index in [1.54, 1.807) is 0 Å². The molecule has 0 unspecified atom stereocenters. The fraction of sp³-hybridized carbons (Fsp3) is 0.714. The molecule has 0 aromatic heterocycles. The maximum absolute atomic E-state index is 10.2. The zero-order valence-corrected chi connectivity index (χ0v) is 7.67. The molecular formula is C7H12O4S. The number of rotatable bonds is 5. The van der Waals surface area contributed by atoms with Crippen LogP contribution in [0.25, 0.3) is 0 Å². The van der Waals surface area contributed by atoms with Gasteiger partial charge in [-0.2, -0.15) is 8.42 Å². The first-order valence-electron chi connectivity index (χ1n) is 3.61. The molecule has 0 fully saturated rings. The van der Waals surface area contributed by atoms with Crippen molar-refractivity contribution in [2.75, 3.05) is 0 Å². The monoisotopic (exact) mass is 192 g/mol. The predicted octanol–water partition coefficient (Wildman–Crippen LogP) is 0.998. The number of unbranched alkanes of at least 4 members (excludes halogenated alkanes) is 1. The van der Waals surface area contributed by atoms with E-state index in [9.17, 15) is 8.42 Å². The molecule has 0 radical (unpaired) electrons. The lowest BCUT2D eigenvalue weighted by molar-refractivity contribution is 0.215. The third kappa shape index (κ3) is 6.16. The second-order valence-corrected chi connectivity index (χ2v) is 3.37. The van der Waals surface area contributed by atoms with Crippen LogP contribution in [0.3, 0.4) is 0 Å². The minimum Gasteiger partial charge on any atom is -0.263 e. The van der Waals surface area contributed by atoms with Crippen molar-refractivity contribution in [2.45, 2.75) is 32.3 Å². The molecule has 0 amide bonds. The standard InChI is InChI=1S/C7H12O4S/c1-3-5-6-7(4-2)11-12(8,9)10/h2,7H,3,5-6H2,1H3,(H,8,9,10)/t7-/m1/s1. The highest BCUT2D eigenvalue weighted by atomic mass is 32.3. The molecule has 0 heterocycles. The van der Waals surface area contributed by atoms with Gasteiger partial charge in [0.15, 0.2) is 0 Å². The van der Waals surface area contributed by atoms with Crippen molar-refractivity contribution in [1.29, 1.82) is 0 Å². The average Bonchev–Trinajstić information content (AvgIpc) is 1.95. The summed E-state index contributed by atoms with van der Waals surface area (Å²) in [5.41, 5.74) is 0. The van der Waals surface area contributed by atoms with Crippen LogP contribution in [0.4, 0.5) is 0 Å². The average molecular weight is 192 g/mol.